The summed E-state index contributed by atoms with van der Waals surface area (Å²) in [6.07, 6.45) is 0. The number of carbonyl (C=O) groups is 1. The second kappa shape index (κ2) is 4.51. The lowest BCUT2D eigenvalue weighted by molar-refractivity contribution is -0.121. The molecule has 0 spiro atoms. The molecule has 1 aliphatic heterocycles. The molecule has 1 fully saturated rings. The highest BCUT2D eigenvalue weighted by atomic mass is 32.1. The second-order valence-electron chi connectivity index (χ2n) is 4.16. The minimum absolute atomic E-state index is 0.0142. The number of nitrogens with one attached hydrogen (secondary N) is 2. The summed E-state index contributed by atoms with van der Waals surface area (Å²) in [6, 6.07) is -0.108. The summed E-state index contributed by atoms with van der Waals surface area (Å²) in [5.41, 5.74) is 2.13. The second-order valence-corrected chi connectivity index (χ2v) is 4.91. The molecule has 94 valence electrons. The van der Waals surface area contributed by atoms with Crippen LogP contribution < -0.4 is 10.6 Å². The van der Waals surface area contributed by atoms with Crippen molar-refractivity contribution in [1.29, 1.82) is 0 Å². The van der Waals surface area contributed by atoms with Gasteiger partial charge >= 0.3 is 0 Å². The van der Waals surface area contributed by atoms with Gasteiger partial charge in [0.25, 0.3) is 0 Å². The topological polar surface area (TPSA) is 80.0 Å². The molecule has 1 atom stereocenters. The number of rotatable bonds is 2. The molecule has 0 aliphatic carbocycles. The highest BCUT2D eigenvalue weighted by molar-refractivity contribution is 7.08. The number of nitrogens with zero attached hydrogens (tertiary/aromatic N) is 2. The number of aromatic nitrogens is 2. The van der Waals surface area contributed by atoms with Crippen molar-refractivity contribution in [2.75, 3.05) is 13.1 Å². The van der Waals surface area contributed by atoms with Gasteiger partial charge < -0.3 is 9.84 Å². The van der Waals surface area contributed by atoms with E-state index in [9.17, 15) is 4.79 Å². The van der Waals surface area contributed by atoms with Crippen LogP contribution in [0.3, 0.4) is 0 Å². The number of aryl methyl sites for hydroxylation is 1. The van der Waals surface area contributed by atoms with Crippen molar-refractivity contribution < 1.29 is 9.32 Å². The van der Waals surface area contributed by atoms with E-state index in [1.807, 2.05) is 17.7 Å². The van der Waals surface area contributed by atoms with Crippen LogP contribution in [0.25, 0.3) is 11.4 Å². The lowest BCUT2D eigenvalue weighted by Gasteiger charge is -2.20. The highest BCUT2D eigenvalue weighted by Crippen LogP contribution is 2.25. The number of hydrogen-bond donors (Lipinski definition) is 2. The number of hydrogen-bond acceptors (Lipinski definition) is 6. The molecular weight excluding hydrogens is 252 g/mol. The fourth-order valence-electron chi connectivity index (χ4n) is 1.82. The average Bonchev–Trinajstić information content (AvgIpc) is 2.98. The molecule has 1 unspecified atom stereocenters. The number of amides is 1. The smallest absolute Gasteiger partial charge is 0.245 e. The first-order valence-corrected chi connectivity index (χ1v) is 6.55. The Morgan fingerprint density at radius 1 is 1.50 bits per heavy atom. The summed E-state index contributed by atoms with van der Waals surface area (Å²) < 4.78 is 5.25. The van der Waals surface area contributed by atoms with Gasteiger partial charge in [-0.3, -0.25) is 10.1 Å². The van der Waals surface area contributed by atoms with E-state index in [4.69, 9.17) is 4.52 Å². The summed E-state index contributed by atoms with van der Waals surface area (Å²) in [5.74, 6) is 1.10. The zero-order valence-electron chi connectivity index (χ0n) is 9.77. The Morgan fingerprint density at radius 2 is 2.39 bits per heavy atom. The Kier molecular flexibility index (Phi) is 2.85. The normalized spacial score (nSPS) is 19.8. The minimum Gasteiger partial charge on any atom is -0.353 e. The predicted octanol–water partition coefficient (Wildman–Crippen LogP) is 0.867. The molecule has 1 saturated heterocycles. The average molecular weight is 264 g/mol. The third kappa shape index (κ3) is 2.02. The van der Waals surface area contributed by atoms with E-state index in [1.54, 1.807) is 11.3 Å². The summed E-state index contributed by atoms with van der Waals surface area (Å²) >= 11 is 1.61. The van der Waals surface area contributed by atoms with Crippen LogP contribution in [0.15, 0.2) is 15.3 Å². The summed E-state index contributed by atoms with van der Waals surface area (Å²) in [7, 11) is 0. The van der Waals surface area contributed by atoms with Gasteiger partial charge in [-0.15, -0.1) is 0 Å². The monoisotopic (exact) mass is 264 g/mol. The largest absolute Gasteiger partial charge is 0.353 e. The lowest BCUT2D eigenvalue weighted by Crippen LogP contribution is -2.47. The maximum atomic E-state index is 11.0. The van der Waals surface area contributed by atoms with Gasteiger partial charge in [-0.25, -0.2) is 0 Å². The van der Waals surface area contributed by atoms with Gasteiger partial charge in [0.2, 0.25) is 17.6 Å². The maximum absolute atomic E-state index is 11.0. The Morgan fingerprint density at radius 3 is 3.06 bits per heavy atom. The SMILES string of the molecule is Cc1cscc1-c1noc(C2CNC(=O)CN2)n1. The van der Waals surface area contributed by atoms with Crippen LogP contribution in [0.4, 0.5) is 0 Å². The Labute approximate surface area is 107 Å². The molecule has 6 nitrogen and oxygen atoms in total. The number of carbonyl (C=O) groups excluding carboxylic acids is 1. The zero-order chi connectivity index (χ0) is 12.5. The number of piperazine rings is 1. The predicted molar refractivity (Wildman–Crippen MR) is 66.1 cm³/mol. The zero-order valence-corrected chi connectivity index (χ0v) is 10.6. The van der Waals surface area contributed by atoms with Gasteiger partial charge in [0, 0.05) is 17.5 Å². The van der Waals surface area contributed by atoms with Crippen LogP contribution in [0.5, 0.6) is 0 Å². The third-order valence-corrected chi connectivity index (χ3v) is 3.71. The van der Waals surface area contributed by atoms with Crippen molar-refractivity contribution in [3.63, 3.8) is 0 Å². The third-order valence-electron chi connectivity index (χ3n) is 2.85. The van der Waals surface area contributed by atoms with Crippen molar-refractivity contribution >= 4 is 17.2 Å². The summed E-state index contributed by atoms with van der Waals surface area (Å²) in [5, 5.41) is 13.8. The molecule has 2 N–H and O–H groups in total. The molecule has 0 radical (unpaired) electrons. The quantitative estimate of drug-likeness (QED) is 0.841. The van der Waals surface area contributed by atoms with Gasteiger partial charge in [-0.05, 0) is 17.9 Å². The van der Waals surface area contributed by atoms with E-state index in [2.05, 4.69) is 20.8 Å². The van der Waals surface area contributed by atoms with Crippen LogP contribution in [-0.4, -0.2) is 29.1 Å². The molecule has 3 rings (SSSR count). The fraction of sp³-hybridized carbons (Fsp3) is 0.364. The number of thiophene rings is 1. The van der Waals surface area contributed by atoms with Crippen molar-refractivity contribution in [2.45, 2.75) is 13.0 Å². The van der Waals surface area contributed by atoms with Crippen LogP contribution in [-0.2, 0) is 4.79 Å². The van der Waals surface area contributed by atoms with Crippen molar-refractivity contribution in [3.8, 4) is 11.4 Å². The van der Waals surface area contributed by atoms with Gasteiger partial charge in [0.1, 0.15) is 6.04 Å². The van der Waals surface area contributed by atoms with E-state index in [-0.39, 0.29) is 18.5 Å². The van der Waals surface area contributed by atoms with E-state index in [0.717, 1.165) is 11.1 Å². The van der Waals surface area contributed by atoms with Crippen LogP contribution >= 0.6 is 11.3 Å². The Balaban J connectivity index is 1.82. The molecule has 0 saturated carbocycles. The first kappa shape index (κ1) is 11.4. The van der Waals surface area contributed by atoms with Gasteiger partial charge in [0.05, 0.1) is 6.54 Å². The Hall–Kier alpha value is -1.73. The van der Waals surface area contributed by atoms with Crippen LogP contribution in [0.1, 0.15) is 17.5 Å². The van der Waals surface area contributed by atoms with Gasteiger partial charge in [-0.1, -0.05) is 5.16 Å². The summed E-state index contributed by atoms with van der Waals surface area (Å²) in [6.45, 7) is 2.77. The lowest BCUT2D eigenvalue weighted by atomic mass is 10.2. The van der Waals surface area contributed by atoms with E-state index >= 15 is 0 Å². The van der Waals surface area contributed by atoms with Gasteiger partial charge in [0.15, 0.2) is 0 Å². The molecule has 1 aliphatic rings. The molecule has 2 aromatic heterocycles. The van der Waals surface area contributed by atoms with Crippen LogP contribution in [0, 0.1) is 6.92 Å². The minimum atomic E-state index is -0.108. The van der Waals surface area contributed by atoms with Gasteiger partial charge in [-0.2, -0.15) is 16.3 Å². The first-order chi connectivity index (χ1) is 8.74. The van der Waals surface area contributed by atoms with Crippen molar-refractivity contribution in [3.05, 3.63) is 22.2 Å². The van der Waals surface area contributed by atoms with E-state index < -0.39 is 0 Å². The first-order valence-electron chi connectivity index (χ1n) is 5.61. The highest BCUT2D eigenvalue weighted by Gasteiger charge is 2.24. The van der Waals surface area contributed by atoms with E-state index in [1.165, 1.54) is 0 Å². The molecule has 18 heavy (non-hydrogen) atoms. The Bertz CT molecular complexity index is 567. The van der Waals surface area contributed by atoms with Crippen molar-refractivity contribution in [2.24, 2.45) is 0 Å². The molecule has 0 bridgehead atoms. The summed E-state index contributed by atoms with van der Waals surface area (Å²) in [4.78, 5) is 15.4. The standard InChI is InChI=1S/C11H12N4O2S/c1-6-4-18-5-7(6)10-14-11(17-15-10)8-2-13-9(16)3-12-8/h4-5,8,12H,2-3H2,1H3,(H,13,16). The molecule has 3 heterocycles. The molecular formula is C11H12N4O2S. The maximum Gasteiger partial charge on any atom is 0.245 e. The molecule has 7 heteroatoms. The van der Waals surface area contributed by atoms with Crippen molar-refractivity contribution in [1.82, 2.24) is 20.8 Å². The molecule has 1 amide bonds. The molecule has 2 aromatic rings. The van der Waals surface area contributed by atoms with E-state index in [0.29, 0.717) is 18.3 Å². The fourth-order valence-corrected chi connectivity index (χ4v) is 2.64. The van der Waals surface area contributed by atoms with Crippen LogP contribution in [0.2, 0.25) is 0 Å². The molecule has 0 aromatic carbocycles.